The van der Waals surface area contributed by atoms with Crippen LogP contribution in [0.4, 0.5) is 0 Å². The molecule has 1 fully saturated rings. The second kappa shape index (κ2) is 6.98. The number of carbonyl (C=O) groups excluding carboxylic acids is 1. The van der Waals surface area contributed by atoms with Crippen molar-refractivity contribution in [2.45, 2.75) is 40.3 Å². The number of aromatic nitrogens is 4. The van der Waals surface area contributed by atoms with Crippen molar-refractivity contribution in [3.8, 4) is 0 Å². The minimum absolute atomic E-state index is 0.0370. The first-order chi connectivity index (χ1) is 11.5. The van der Waals surface area contributed by atoms with Crippen molar-refractivity contribution in [1.29, 1.82) is 0 Å². The van der Waals surface area contributed by atoms with E-state index >= 15 is 0 Å². The molecule has 2 aromatic heterocycles. The van der Waals surface area contributed by atoms with E-state index in [-0.39, 0.29) is 11.9 Å². The lowest BCUT2D eigenvalue weighted by Gasteiger charge is -2.28. The summed E-state index contributed by atoms with van der Waals surface area (Å²) in [6.45, 7) is 8.89. The molecule has 2 aromatic rings. The van der Waals surface area contributed by atoms with Crippen LogP contribution in [0.5, 0.6) is 0 Å². The maximum absolute atomic E-state index is 11.9. The Hall–Kier alpha value is -1.80. The molecule has 0 saturated carbocycles. The molecule has 24 heavy (non-hydrogen) atoms. The highest BCUT2D eigenvalue weighted by Crippen LogP contribution is 2.12. The molecule has 1 saturated heterocycles. The number of quaternary nitrogens is 1. The van der Waals surface area contributed by atoms with Crippen molar-refractivity contribution in [2.24, 2.45) is 5.92 Å². The van der Waals surface area contributed by atoms with Gasteiger partial charge in [-0.3, -0.25) is 4.79 Å². The number of esters is 1. The molecule has 3 rings (SSSR count). The molecule has 7 nitrogen and oxygen atoms in total. The van der Waals surface area contributed by atoms with E-state index in [4.69, 9.17) is 17.0 Å². The zero-order valence-electron chi connectivity index (χ0n) is 14.4. The van der Waals surface area contributed by atoms with Crippen LogP contribution in [0.1, 0.15) is 31.2 Å². The van der Waals surface area contributed by atoms with Gasteiger partial charge in [-0.2, -0.15) is 4.98 Å². The average molecular weight is 350 g/mol. The summed E-state index contributed by atoms with van der Waals surface area (Å²) in [5.41, 5.74) is 2.01. The minimum atomic E-state index is -0.0570. The van der Waals surface area contributed by atoms with Crippen LogP contribution in [0, 0.1) is 24.5 Å². The van der Waals surface area contributed by atoms with E-state index < -0.39 is 0 Å². The molecule has 1 aliphatic heterocycles. The van der Waals surface area contributed by atoms with Crippen LogP contribution < -0.4 is 4.90 Å². The van der Waals surface area contributed by atoms with Crippen molar-refractivity contribution >= 4 is 24.0 Å². The molecule has 0 atom stereocenters. The number of likely N-dealkylation sites (tertiary alicyclic amines) is 1. The van der Waals surface area contributed by atoms with Gasteiger partial charge in [-0.05, 0) is 39.1 Å². The third kappa shape index (κ3) is 3.34. The Kier molecular flexibility index (Phi) is 4.96. The Morgan fingerprint density at radius 2 is 2.08 bits per heavy atom. The molecule has 0 bridgehead atoms. The van der Waals surface area contributed by atoms with E-state index in [2.05, 4.69) is 9.97 Å². The lowest BCUT2D eigenvalue weighted by molar-refractivity contribution is -0.929. The number of nitrogens with zero attached hydrogens (tertiary/aromatic N) is 4. The Balaban J connectivity index is 1.74. The highest BCUT2D eigenvalue weighted by molar-refractivity contribution is 7.71. The fraction of sp³-hybridized carbons (Fsp3) is 0.625. The molecule has 130 valence electrons. The summed E-state index contributed by atoms with van der Waals surface area (Å²) in [6, 6.07) is 2.03. The van der Waals surface area contributed by atoms with Crippen molar-refractivity contribution in [3.63, 3.8) is 0 Å². The molecule has 3 heterocycles. The van der Waals surface area contributed by atoms with Gasteiger partial charge in [-0.1, -0.05) is 0 Å². The SMILES string of the molecule is CCOC(=O)C1CC[NH+](Cn2c(=S)nc3nc(C)cc(C)n32)CC1. The molecule has 0 radical (unpaired) electrons. The molecule has 8 heteroatoms. The average Bonchev–Trinajstić information content (AvgIpc) is 2.84. The van der Waals surface area contributed by atoms with E-state index in [0.29, 0.717) is 17.2 Å². The van der Waals surface area contributed by atoms with Crippen LogP contribution in [0.25, 0.3) is 5.78 Å². The van der Waals surface area contributed by atoms with Crippen LogP contribution in [0.15, 0.2) is 6.07 Å². The van der Waals surface area contributed by atoms with Crippen LogP contribution in [-0.2, 0) is 16.2 Å². The van der Waals surface area contributed by atoms with Gasteiger partial charge in [0.15, 0.2) is 6.67 Å². The molecular weight excluding hydrogens is 326 g/mol. The van der Waals surface area contributed by atoms with Gasteiger partial charge in [-0.15, -0.1) is 0 Å². The van der Waals surface area contributed by atoms with E-state index in [1.165, 1.54) is 4.90 Å². The van der Waals surface area contributed by atoms with Crippen LogP contribution >= 0.6 is 12.2 Å². The summed E-state index contributed by atoms with van der Waals surface area (Å²) >= 11 is 5.43. The number of fused-ring (bicyclic) bond motifs is 1. The summed E-state index contributed by atoms with van der Waals surface area (Å²) < 4.78 is 9.68. The zero-order valence-corrected chi connectivity index (χ0v) is 15.2. The van der Waals surface area contributed by atoms with Gasteiger partial charge in [0.1, 0.15) is 0 Å². The van der Waals surface area contributed by atoms with Gasteiger partial charge in [0.05, 0.1) is 25.6 Å². The summed E-state index contributed by atoms with van der Waals surface area (Å²) in [7, 11) is 0. The topological polar surface area (TPSA) is 65.9 Å². The number of hydrogen-bond donors (Lipinski definition) is 1. The predicted octanol–water partition coefficient (Wildman–Crippen LogP) is 0.693. The Morgan fingerprint density at radius 1 is 1.38 bits per heavy atom. The third-order valence-electron chi connectivity index (χ3n) is 4.56. The predicted molar refractivity (Wildman–Crippen MR) is 91.3 cm³/mol. The standard InChI is InChI=1S/C16H23N5O2S/c1-4-23-14(22)13-5-7-19(8-6-13)10-20-16(24)18-15-17-11(2)9-12(3)21(15)20/h9,13H,4-8,10H2,1-3H3/p+1. The van der Waals surface area contributed by atoms with E-state index in [1.807, 2.05) is 36.0 Å². The van der Waals surface area contributed by atoms with E-state index in [0.717, 1.165) is 44.0 Å². The molecular formula is C16H24N5O2S+. The Labute approximate surface area is 146 Å². The number of ether oxygens (including phenoxy) is 1. The van der Waals surface area contributed by atoms with Gasteiger partial charge >= 0.3 is 5.97 Å². The number of hydrogen-bond acceptors (Lipinski definition) is 5. The number of piperidine rings is 1. The smallest absolute Gasteiger partial charge is 0.309 e. The first-order valence-corrected chi connectivity index (χ1v) is 8.84. The number of nitrogens with one attached hydrogen (secondary N) is 1. The summed E-state index contributed by atoms with van der Waals surface area (Å²) in [4.78, 5) is 22.1. The van der Waals surface area contributed by atoms with Crippen molar-refractivity contribution < 1.29 is 14.4 Å². The maximum atomic E-state index is 11.9. The summed E-state index contributed by atoms with van der Waals surface area (Å²) in [6.07, 6.45) is 1.71. The molecule has 0 amide bonds. The highest BCUT2D eigenvalue weighted by atomic mass is 32.1. The Morgan fingerprint density at radius 3 is 2.75 bits per heavy atom. The lowest BCUT2D eigenvalue weighted by Crippen LogP contribution is -3.12. The number of rotatable bonds is 4. The maximum Gasteiger partial charge on any atom is 0.309 e. The first kappa shape index (κ1) is 17.0. The quantitative estimate of drug-likeness (QED) is 0.649. The highest BCUT2D eigenvalue weighted by Gasteiger charge is 2.29. The van der Waals surface area contributed by atoms with Gasteiger partial charge < -0.3 is 9.64 Å². The van der Waals surface area contributed by atoms with Gasteiger partial charge in [0, 0.05) is 24.2 Å². The lowest BCUT2D eigenvalue weighted by atomic mass is 9.97. The Bertz CT molecular complexity index is 805. The fourth-order valence-electron chi connectivity index (χ4n) is 3.39. The summed E-state index contributed by atoms with van der Waals surface area (Å²) in [5, 5.41) is 0. The molecule has 0 spiro atoms. The molecule has 0 aliphatic carbocycles. The second-order valence-electron chi connectivity index (χ2n) is 6.38. The van der Waals surface area contributed by atoms with Crippen molar-refractivity contribution in [2.75, 3.05) is 19.7 Å². The minimum Gasteiger partial charge on any atom is -0.466 e. The molecule has 1 N–H and O–H groups in total. The largest absolute Gasteiger partial charge is 0.466 e. The monoisotopic (exact) mass is 350 g/mol. The summed E-state index contributed by atoms with van der Waals surface area (Å²) in [5.74, 6) is 0.631. The fourth-order valence-corrected chi connectivity index (χ4v) is 3.62. The van der Waals surface area contributed by atoms with Crippen molar-refractivity contribution in [1.82, 2.24) is 19.2 Å². The van der Waals surface area contributed by atoms with Crippen LogP contribution in [0.2, 0.25) is 0 Å². The molecule has 1 aliphatic rings. The van der Waals surface area contributed by atoms with Crippen molar-refractivity contribution in [3.05, 3.63) is 22.2 Å². The number of aryl methyl sites for hydroxylation is 2. The van der Waals surface area contributed by atoms with E-state index in [1.54, 1.807) is 0 Å². The zero-order chi connectivity index (χ0) is 17.3. The number of carbonyl (C=O) groups is 1. The normalized spacial score (nSPS) is 21.1. The molecule has 0 aromatic carbocycles. The molecule has 0 unspecified atom stereocenters. The van der Waals surface area contributed by atoms with Crippen LogP contribution in [-0.4, -0.2) is 44.8 Å². The van der Waals surface area contributed by atoms with E-state index in [9.17, 15) is 4.79 Å². The second-order valence-corrected chi connectivity index (χ2v) is 6.74. The van der Waals surface area contributed by atoms with Gasteiger partial charge in [0.25, 0.3) is 5.78 Å². The first-order valence-electron chi connectivity index (χ1n) is 8.43. The van der Waals surface area contributed by atoms with Crippen LogP contribution in [0.3, 0.4) is 0 Å². The van der Waals surface area contributed by atoms with Gasteiger partial charge in [0.2, 0.25) is 4.77 Å². The third-order valence-corrected chi connectivity index (χ3v) is 4.86. The van der Waals surface area contributed by atoms with Gasteiger partial charge in [-0.25, -0.2) is 14.2 Å².